The van der Waals surface area contributed by atoms with Crippen LogP contribution in [-0.2, 0) is 16.1 Å². The number of carboxylic acid groups (broad SMARTS) is 1. The van der Waals surface area contributed by atoms with Crippen LogP contribution in [0, 0.1) is 12.8 Å². The molecule has 7 heteroatoms. The molecule has 3 aromatic carbocycles. The second-order valence-electron chi connectivity index (χ2n) is 11.1. The predicted octanol–water partition coefficient (Wildman–Crippen LogP) is 8.25. The lowest BCUT2D eigenvalue weighted by Gasteiger charge is -2.27. The van der Waals surface area contributed by atoms with E-state index in [1.807, 2.05) is 73.5 Å². The van der Waals surface area contributed by atoms with Gasteiger partial charge in [-0.05, 0) is 84.2 Å². The van der Waals surface area contributed by atoms with Crippen LogP contribution < -0.4 is 5.32 Å². The van der Waals surface area contributed by atoms with Crippen LogP contribution in [-0.4, -0.2) is 46.9 Å². The number of amides is 1. The quantitative estimate of drug-likeness (QED) is 0.170. The molecule has 0 bridgehead atoms. The van der Waals surface area contributed by atoms with E-state index in [1.54, 1.807) is 11.8 Å². The molecule has 2 unspecified atom stereocenters. The van der Waals surface area contributed by atoms with Gasteiger partial charge in [0.1, 0.15) is 6.04 Å². The van der Waals surface area contributed by atoms with Crippen LogP contribution in [0.15, 0.2) is 77.7 Å². The third kappa shape index (κ3) is 9.65. The van der Waals surface area contributed by atoms with E-state index in [2.05, 4.69) is 29.6 Å². The maximum absolute atomic E-state index is 13.4. The fourth-order valence-electron chi connectivity index (χ4n) is 5.60. The van der Waals surface area contributed by atoms with Crippen molar-refractivity contribution in [3.05, 3.63) is 89.5 Å². The molecule has 2 N–H and O–H groups in total. The highest BCUT2D eigenvalue weighted by Gasteiger charge is 2.24. The predicted molar refractivity (Wildman–Crippen MR) is 175 cm³/mol. The molecule has 0 aromatic heterocycles. The van der Waals surface area contributed by atoms with E-state index in [4.69, 9.17) is 4.74 Å². The van der Waals surface area contributed by atoms with Crippen molar-refractivity contribution in [2.75, 3.05) is 17.8 Å². The minimum Gasteiger partial charge on any atom is -0.480 e. The van der Waals surface area contributed by atoms with E-state index in [0.717, 1.165) is 34.4 Å². The number of ether oxygens (including phenoxy) is 1. The topological polar surface area (TPSA) is 75.6 Å². The van der Waals surface area contributed by atoms with Gasteiger partial charge >= 0.3 is 5.97 Å². The molecule has 5 nitrogen and oxygen atoms in total. The number of nitrogens with one attached hydrogen (secondary N) is 1. The Morgan fingerprint density at radius 3 is 2.43 bits per heavy atom. The number of aliphatic carboxylic acids is 1. The maximum atomic E-state index is 13.4. The van der Waals surface area contributed by atoms with Crippen molar-refractivity contribution in [3.8, 4) is 11.1 Å². The van der Waals surface area contributed by atoms with Gasteiger partial charge in [-0.3, -0.25) is 4.79 Å². The van der Waals surface area contributed by atoms with Crippen LogP contribution in [0.4, 0.5) is 0 Å². The molecule has 1 fully saturated rings. The van der Waals surface area contributed by atoms with Gasteiger partial charge in [-0.1, -0.05) is 80.6 Å². The third-order valence-electron chi connectivity index (χ3n) is 7.96. The van der Waals surface area contributed by atoms with E-state index in [1.165, 1.54) is 37.0 Å². The van der Waals surface area contributed by atoms with Gasteiger partial charge in [0, 0.05) is 16.2 Å². The van der Waals surface area contributed by atoms with Gasteiger partial charge in [0.2, 0.25) is 0 Å². The van der Waals surface area contributed by atoms with Crippen molar-refractivity contribution in [3.63, 3.8) is 0 Å². The molecule has 0 aliphatic heterocycles. The number of hydrogen-bond donors (Lipinski definition) is 2. The maximum Gasteiger partial charge on any atom is 0.326 e. The molecule has 1 aliphatic rings. The number of benzene rings is 3. The molecule has 224 valence electrons. The molecule has 1 amide bonds. The molecule has 3 aromatic rings. The summed E-state index contributed by atoms with van der Waals surface area (Å²) in [5, 5.41) is 12.4. The summed E-state index contributed by atoms with van der Waals surface area (Å²) in [5.74, 6) is 0.879. The van der Waals surface area contributed by atoms with Crippen molar-refractivity contribution < 1.29 is 19.4 Å². The van der Waals surface area contributed by atoms with Crippen LogP contribution in [0.5, 0.6) is 0 Å². The van der Waals surface area contributed by atoms with Crippen LogP contribution >= 0.6 is 23.5 Å². The summed E-state index contributed by atoms with van der Waals surface area (Å²) in [4.78, 5) is 26.5. The van der Waals surface area contributed by atoms with Crippen molar-refractivity contribution in [1.29, 1.82) is 0 Å². The molecule has 0 radical (unpaired) electrons. The number of hydrogen-bond acceptors (Lipinski definition) is 5. The Hall–Kier alpha value is -2.74. The zero-order valence-electron chi connectivity index (χ0n) is 24.7. The molecule has 0 heterocycles. The molecule has 0 saturated heterocycles. The van der Waals surface area contributed by atoms with Gasteiger partial charge in [-0.2, -0.15) is 11.8 Å². The highest BCUT2D eigenvalue weighted by molar-refractivity contribution is 7.99. The van der Waals surface area contributed by atoms with Crippen molar-refractivity contribution in [2.45, 2.75) is 75.5 Å². The van der Waals surface area contributed by atoms with Crippen molar-refractivity contribution >= 4 is 35.4 Å². The van der Waals surface area contributed by atoms with E-state index < -0.39 is 12.0 Å². The smallest absolute Gasteiger partial charge is 0.326 e. The molecule has 1 saturated carbocycles. The monoisotopic (exact) mass is 605 g/mol. The van der Waals surface area contributed by atoms with Crippen LogP contribution in [0.2, 0.25) is 0 Å². The summed E-state index contributed by atoms with van der Waals surface area (Å²) in [6.07, 6.45) is 10.0. The lowest BCUT2D eigenvalue weighted by atomic mass is 9.85. The Morgan fingerprint density at radius 1 is 0.976 bits per heavy atom. The molecular weight excluding hydrogens is 563 g/mol. The second-order valence-corrected chi connectivity index (χ2v) is 13.2. The van der Waals surface area contributed by atoms with E-state index >= 15 is 0 Å². The number of carbonyl (C=O) groups is 2. The summed E-state index contributed by atoms with van der Waals surface area (Å²) in [7, 11) is 0. The normalized spacial score (nSPS) is 15.2. The Bertz CT molecular complexity index is 1290. The molecular formula is C35H43NO4S2. The number of thioether (sulfide) groups is 2. The Kier molecular flexibility index (Phi) is 12.9. The van der Waals surface area contributed by atoms with Crippen molar-refractivity contribution in [1.82, 2.24) is 5.32 Å². The van der Waals surface area contributed by atoms with Crippen LogP contribution in [0.1, 0.15) is 66.4 Å². The Labute approximate surface area is 259 Å². The fraction of sp³-hybridized carbons (Fsp3) is 0.429. The summed E-state index contributed by atoms with van der Waals surface area (Å²) in [6, 6.07) is 23.3. The highest BCUT2D eigenvalue weighted by atomic mass is 32.2. The number of carboxylic acids is 1. The largest absolute Gasteiger partial charge is 0.480 e. The first-order chi connectivity index (χ1) is 20.4. The Balaban J connectivity index is 1.54. The average molecular weight is 606 g/mol. The summed E-state index contributed by atoms with van der Waals surface area (Å²) < 4.78 is 6.61. The third-order valence-corrected chi connectivity index (χ3v) is 9.75. The Morgan fingerprint density at radius 2 is 1.71 bits per heavy atom. The minimum atomic E-state index is -1.02. The number of carbonyl (C=O) groups excluding carboxylic acids is 1. The van der Waals surface area contributed by atoms with Crippen LogP contribution in [0.25, 0.3) is 11.1 Å². The number of rotatable bonds is 15. The van der Waals surface area contributed by atoms with Gasteiger partial charge in [0.15, 0.2) is 0 Å². The summed E-state index contributed by atoms with van der Waals surface area (Å²) in [5.41, 5.74) is 4.28. The first kappa shape index (κ1) is 32.2. The molecule has 4 rings (SSSR count). The van der Waals surface area contributed by atoms with Crippen molar-refractivity contribution in [2.24, 2.45) is 5.92 Å². The lowest BCUT2D eigenvalue weighted by molar-refractivity contribution is -0.139. The van der Waals surface area contributed by atoms with Gasteiger partial charge < -0.3 is 15.2 Å². The average Bonchev–Trinajstić information content (AvgIpc) is 3.01. The van der Waals surface area contributed by atoms with Gasteiger partial charge in [-0.25, -0.2) is 4.79 Å². The first-order valence-electron chi connectivity index (χ1n) is 15.0. The minimum absolute atomic E-state index is 0.135. The summed E-state index contributed by atoms with van der Waals surface area (Å²) >= 11 is 3.41. The molecule has 1 aliphatic carbocycles. The molecule has 2 atom stereocenters. The zero-order chi connectivity index (χ0) is 29.7. The van der Waals surface area contributed by atoms with E-state index in [9.17, 15) is 14.7 Å². The van der Waals surface area contributed by atoms with Gasteiger partial charge in [0.05, 0.1) is 12.7 Å². The molecule has 0 spiro atoms. The molecule has 42 heavy (non-hydrogen) atoms. The SMILES string of the molecule is CSCCC(NC(=O)c1ccc(COC(CSc2ccccc2)CC2CCCCC2)cc1-c1ccccc1C)C(=O)O. The second kappa shape index (κ2) is 16.8. The highest BCUT2D eigenvalue weighted by Crippen LogP contribution is 2.32. The lowest BCUT2D eigenvalue weighted by Crippen LogP contribution is -2.41. The van der Waals surface area contributed by atoms with Gasteiger partial charge in [-0.15, -0.1) is 11.8 Å². The van der Waals surface area contributed by atoms with E-state index in [-0.39, 0.29) is 12.0 Å². The standard InChI is InChI=1S/C35H43NO4S2/c1-25-11-9-10-16-30(25)32-22-27(17-18-31(32)34(37)36-33(35(38)39)19-20-41-2)23-40-28(21-26-12-5-3-6-13-26)24-42-29-14-7-4-8-15-29/h4,7-11,14-18,22,26,28,33H,3,5-6,12-13,19-21,23-24H2,1-2H3,(H,36,37)(H,38,39). The van der Waals surface area contributed by atoms with Crippen LogP contribution in [0.3, 0.4) is 0 Å². The zero-order valence-corrected chi connectivity index (χ0v) is 26.4. The first-order valence-corrected chi connectivity index (χ1v) is 17.3. The fourth-order valence-corrected chi connectivity index (χ4v) is 7.04. The number of aryl methyl sites for hydroxylation is 1. The van der Waals surface area contributed by atoms with Gasteiger partial charge in [0.25, 0.3) is 5.91 Å². The van der Waals surface area contributed by atoms with E-state index in [0.29, 0.717) is 30.3 Å². The summed E-state index contributed by atoms with van der Waals surface area (Å²) in [6.45, 7) is 2.48.